The Balaban J connectivity index is 1.64. The number of carbonyl (C=O) groups is 4. The maximum Gasteiger partial charge on any atom is 0.331 e. The van der Waals surface area contributed by atoms with Crippen molar-refractivity contribution < 1.29 is 19.2 Å². The summed E-state index contributed by atoms with van der Waals surface area (Å²) in [7, 11) is 0. The molecule has 2 aromatic rings. The van der Waals surface area contributed by atoms with Crippen LogP contribution in [0.15, 0.2) is 48.3 Å². The smallest absolute Gasteiger partial charge is 0.291 e. The van der Waals surface area contributed by atoms with Crippen LogP contribution in [0.25, 0.3) is 10.9 Å². The lowest BCUT2D eigenvalue weighted by Gasteiger charge is -2.27. The van der Waals surface area contributed by atoms with E-state index in [1.807, 2.05) is 24.3 Å². The predicted octanol–water partition coefficient (Wildman–Crippen LogP) is 1.14. The van der Waals surface area contributed by atoms with Crippen molar-refractivity contribution in [1.29, 1.82) is 0 Å². The van der Waals surface area contributed by atoms with Crippen molar-refractivity contribution in [3.63, 3.8) is 0 Å². The van der Waals surface area contributed by atoms with E-state index in [1.54, 1.807) is 12.3 Å². The number of anilines is 1. The fourth-order valence-electron chi connectivity index (χ4n) is 2.88. The van der Waals surface area contributed by atoms with Crippen LogP contribution in [-0.4, -0.2) is 45.2 Å². The second-order valence-corrected chi connectivity index (χ2v) is 6.21. The molecule has 0 spiro atoms. The third-order valence-corrected chi connectivity index (χ3v) is 4.33. The molecule has 2 N–H and O–H groups in total. The summed E-state index contributed by atoms with van der Waals surface area (Å²) in [6.45, 7) is 0. The molecule has 5 amide bonds. The van der Waals surface area contributed by atoms with E-state index in [0.717, 1.165) is 27.0 Å². The van der Waals surface area contributed by atoms with Gasteiger partial charge in [0.05, 0.1) is 11.2 Å². The first-order chi connectivity index (χ1) is 13.1. The molecule has 27 heavy (non-hydrogen) atoms. The summed E-state index contributed by atoms with van der Waals surface area (Å²) in [6, 6.07) is 8.06. The molecule has 1 aliphatic heterocycles. The number of carbonyl (C=O) groups excluding carboxylic acids is 4. The van der Waals surface area contributed by atoms with E-state index in [2.05, 4.69) is 15.7 Å². The Hall–Kier alpha value is -3.75. The molecule has 1 aromatic heterocycles. The molecule has 2 aliphatic rings. The number of aromatic nitrogens is 1. The third-order valence-electron chi connectivity index (χ3n) is 4.33. The SMILES string of the molecule is O=CN(C=C1C(=O)NC(=O)N(C2CC2)C1=O)Nc1ccnc2ccccc12. The number of benzene rings is 1. The van der Waals surface area contributed by atoms with Gasteiger partial charge >= 0.3 is 6.03 Å². The second kappa shape index (κ2) is 6.52. The molecule has 1 saturated carbocycles. The maximum absolute atomic E-state index is 12.5. The van der Waals surface area contributed by atoms with Gasteiger partial charge in [0.2, 0.25) is 6.41 Å². The minimum atomic E-state index is -0.838. The van der Waals surface area contributed by atoms with E-state index in [-0.39, 0.29) is 11.6 Å². The van der Waals surface area contributed by atoms with E-state index >= 15 is 0 Å². The van der Waals surface area contributed by atoms with Crippen LogP contribution in [-0.2, 0) is 14.4 Å². The fourth-order valence-corrected chi connectivity index (χ4v) is 2.88. The van der Waals surface area contributed by atoms with Crippen LogP contribution in [0.3, 0.4) is 0 Å². The summed E-state index contributed by atoms with van der Waals surface area (Å²) in [5.74, 6) is -1.55. The Morgan fingerprint density at radius 3 is 2.70 bits per heavy atom. The maximum atomic E-state index is 12.5. The van der Waals surface area contributed by atoms with E-state index in [4.69, 9.17) is 0 Å². The van der Waals surface area contributed by atoms with Gasteiger partial charge in [-0.1, -0.05) is 18.2 Å². The van der Waals surface area contributed by atoms with Gasteiger partial charge in [0.1, 0.15) is 5.57 Å². The van der Waals surface area contributed by atoms with Crippen molar-refractivity contribution in [2.45, 2.75) is 18.9 Å². The number of amides is 5. The predicted molar refractivity (Wildman–Crippen MR) is 94.8 cm³/mol. The summed E-state index contributed by atoms with van der Waals surface area (Å²) in [6.07, 6.45) is 4.51. The quantitative estimate of drug-likeness (QED) is 0.356. The van der Waals surface area contributed by atoms with Gasteiger partial charge in [0, 0.05) is 23.8 Å². The van der Waals surface area contributed by atoms with E-state index in [9.17, 15) is 19.2 Å². The zero-order chi connectivity index (χ0) is 19.0. The molecule has 0 unspecified atom stereocenters. The Kier molecular flexibility index (Phi) is 4.03. The van der Waals surface area contributed by atoms with Gasteiger partial charge in [-0.2, -0.15) is 0 Å². The van der Waals surface area contributed by atoms with Gasteiger partial charge in [-0.05, 0) is 25.0 Å². The summed E-state index contributed by atoms with van der Waals surface area (Å²) in [4.78, 5) is 53.3. The molecule has 136 valence electrons. The second-order valence-electron chi connectivity index (χ2n) is 6.21. The number of hydrazine groups is 1. The molecule has 1 aromatic carbocycles. The number of pyridine rings is 1. The molecule has 2 heterocycles. The number of rotatable bonds is 5. The number of nitrogens with zero attached hydrogens (tertiary/aromatic N) is 3. The van der Waals surface area contributed by atoms with Crippen molar-refractivity contribution in [2.24, 2.45) is 0 Å². The minimum Gasteiger partial charge on any atom is -0.291 e. The Labute approximate surface area is 153 Å². The van der Waals surface area contributed by atoms with Crippen LogP contribution in [0.1, 0.15) is 12.8 Å². The Bertz CT molecular complexity index is 993. The van der Waals surface area contributed by atoms with Crippen LogP contribution in [0.5, 0.6) is 0 Å². The Morgan fingerprint density at radius 1 is 1.19 bits per heavy atom. The normalized spacial score (nSPS) is 18.6. The molecule has 4 rings (SSSR count). The van der Waals surface area contributed by atoms with E-state index in [1.165, 1.54) is 0 Å². The number of hydrogen-bond donors (Lipinski definition) is 2. The molecular formula is C18H15N5O4. The lowest BCUT2D eigenvalue weighted by atomic mass is 10.2. The highest BCUT2D eigenvalue weighted by Gasteiger charge is 2.44. The molecule has 1 aliphatic carbocycles. The summed E-state index contributed by atoms with van der Waals surface area (Å²) in [5.41, 5.74) is 3.84. The summed E-state index contributed by atoms with van der Waals surface area (Å²) < 4.78 is 0. The number of hydrogen-bond acceptors (Lipinski definition) is 6. The standard InChI is InChI=1S/C18H15N5O4/c24-10-22(21-15-7-8-19-14-4-2-1-3-12(14)15)9-13-16(25)20-18(27)23(17(13)26)11-5-6-11/h1-4,7-11H,5-6H2,(H,19,21)(H,20,25,27). The lowest BCUT2D eigenvalue weighted by Crippen LogP contribution is -2.55. The van der Waals surface area contributed by atoms with Crippen molar-refractivity contribution in [1.82, 2.24) is 20.2 Å². The average molecular weight is 365 g/mol. The lowest BCUT2D eigenvalue weighted by molar-refractivity contribution is -0.130. The van der Waals surface area contributed by atoms with Gasteiger partial charge in [0.15, 0.2) is 0 Å². The topological polar surface area (TPSA) is 112 Å². The molecular weight excluding hydrogens is 350 g/mol. The van der Waals surface area contributed by atoms with Crippen LogP contribution >= 0.6 is 0 Å². The summed E-state index contributed by atoms with van der Waals surface area (Å²) >= 11 is 0. The van der Waals surface area contributed by atoms with Crippen LogP contribution in [0, 0.1) is 0 Å². The van der Waals surface area contributed by atoms with Gasteiger partial charge in [-0.15, -0.1) is 0 Å². The van der Waals surface area contributed by atoms with E-state index < -0.39 is 17.8 Å². The van der Waals surface area contributed by atoms with Crippen molar-refractivity contribution >= 4 is 40.8 Å². The van der Waals surface area contributed by atoms with Crippen molar-refractivity contribution in [2.75, 3.05) is 5.43 Å². The number of para-hydroxylation sites is 1. The van der Waals surface area contributed by atoms with Crippen LogP contribution in [0.4, 0.5) is 10.5 Å². The highest BCUT2D eigenvalue weighted by Crippen LogP contribution is 2.30. The number of urea groups is 1. The summed E-state index contributed by atoms with van der Waals surface area (Å²) in [5, 5.41) is 3.86. The third kappa shape index (κ3) is 3.10. The van der Waals surface area contributed by atoms with Crippen molar-refractivity contribution in [3.05, 3.63) is 48.3 Å². The fraction of sp³-hybridized carbons (Fsp3) is 0.167. The molecule has 0 radical (unpaired) electrons. The van der Waals surface area contributed by atoms with Crippen molar-refractivity contribution in [3.8, 4) is 0 Å². The van der Waals surface area contributed by atoms with Gasteiger partial charge in [-0.3, -0.25) is 35.0 Å². The van der Waals surface area contributed by atoms with Crippen LogP contribution < -0.4 is 10.7 Å². The number of barbiturate groups is 1. The first-order valence-electron chi connectivity index (χ1n) is 8.33. The number of nitrogens with one attached hydrogen (secondary N) is 2. The largest absolute Gasteiger partial charge is 0.331 e. The number of fused-ring (bicyclic) bond motifs is 1. The molecule has 1 saturated heterocycles. The Morgan fingerprint density at radius 2 is 1.96 bits per heavy atom. The minimum absolute atomic E-state index is 0.198. The van der Waals surface area contributed by atoms with E-state index in [0.29, 0.717) is 24.9 Å². The zero-order valence-corrected chi connectivity index (χ0v) is 14.1. The molecule has 9 heteroatoms. The highest BCUT2D eigenvalue weighted by atomic mass is 16.2. The highest BCUT2D eigenvalue weighted by molar-refractivity contribution is 6.29. The molecule has 0 bridgehead atoms. The van der Waals surface area contributed by atoms with Gasteiger partial charge in [0.25, 0.3) is 11.8 Å². The first kappa shape index (κ1) is 16.7. The zero-order valence-electron chi connectivity index (χ0n) is 14.1. The molecule has 2 fully saturated rings. The van der Waals surface area contributed by atoms with Crippen LogP contribution in [0.2, 0.25) is 0 Å². The average Bonchev–Trinajstić information content (AvgIpc) is 3.49. The first-order valence-corrected chi connectivity index (χ1v) is 8.33. The van der Waals surface area contributed by atoms with Gasteiger partial charge < -0.3 is 0 Å². The monoisotopic (exact) mass is 365 g/mol. The number of imide groups is 2. The van der Waals surface area contributed by atoms with Gasteiger partial charge in [-0.25, -0.2) is 9.80 Å². The molecule has 9 nitrogen and oxygen atoms in total. The molecule has 0 atom stereocenters.